The fourth-order valence-corrected chi connectivity index (χ4v) is 1.99. The molecule has 0 atom stereocenters. The Morgan fingerprint density at radius 3 is 2.69 bits per heavy atom. The second kappa shape index (κ2) is 6.01. The van der Waals surface area contributed by atoms with Gasteiger partial charge < -0.3 is 9.47 Å². The van der Waals surface area contributed by atoms with Crippen LogP contribution in [0.3, 0.4) is 0 Å². The Morgan fingerprint density at radius 1 is 1.50 bits per heavy atom. The Hall–Kier alpha value is -0.870. The number of rotatable bonds is 7. The summed E-state index contributed by atoms with van der Waals surface area (Å²) < 4.78 is 10.5. The van der Waals surface area contributed by atoms with Gasteiger partial charge in [-0.25, -0.2) is 0 Å². The number of hydrogen-bond donors (Lipinski definition) is 1. The van der Waals surface area contributed by atoms with Crippen LogP contribution in [0.25, 0.3) is 0 Å². The summed E-state index contributed by atoms with van der Waals surface area (Å²) in [4.78, 5) is 11.8. The lowest BCUT2D eigenvalue weighted by molar-refractivity contribution is -0.163. The van der Waals surface area contributed by atoms with E-state index in [2.05, 4.69) is 11.9 Å². The van der Waals surface area contributed by atoms with Gasteiger partial charge in [0.2, 0.25) is 0 Å². The molecule has 0 radical (unpaired) electrons. The Morgan fingerprint density at radius 2 is 2.19 bits per heavy atom. The van der Waals surface area contributed by atoms with Crippen molar-refractivity contribution in [2.24, 2.45) is 0 Å². The molecule has 0 aromatic heterocycles. The summed E-state index contributed by atoms with van der Waals surface area (Å²) in [7, 11) is 0. The molecular weight excluding hydrogens is 206 g/mol. The van der Waals surface area contributed by atoms with Crippen LogP contribution in [-0.2, 0) is 14.3 Å². The Labute approximate surface area is 97.0 Å². The van der Waals surface area contributed by atoms with Crippen LogP contribution in [0.2, 0.25) is 0 Å². The predicted molar refractivity (Wildman–Crippen MR) is 62.2 cm³/mol. The molecule has 4 heteroatoms. The van der Waals surface area contributed by atoms with Crippen LogP contribution in [0, 0.1) is 0 Å². The van der Waals surface area contributed by atoms with Crippen LogP contribution in [0.1, 0.15) is 26.7 Å². The van der Waals surface area contributed by atoms with E-state index in [1.807, 2.05) is 13.8 Å². The lowest BCUT2D eigenvalue weighted by atomic mass is 9.74. The van der Waals surface area contributed by atoms with Gasteiger partial charge in [-0.05, 0) is 13.8 Å². The van der Waals surface area contributed by atoms with Crippen molar-refractivity contribution >= 4 is 5.97 Å². The molecular formula is C12H21NO3. The molecule has 0 bridgehead atoms. The minimum absolute atomic E-state index is 0.173. The van der Waals surface area contributed by atoms with E-state index in [9.17, 15) is 4.79 Å². The molecule has 1 N–H and O–H groups in total. The van der Waals surface area contributed by atoms with Gasteiger partial charge >= 0.3 is 5.97 Å². The standard InChI is InChI=1S/C12H21NO3/c1-4-7-13-12(11(14)16-6-3)8-10(9-12)15-5-2/h4,10,13H,1,5-9H2,2-3H3. The highest BCUT2D eigenvalue weighted by molar-refractivity contribution is 5.82. The molecule has 0 aromatic carbocycles. The fourth-order valence-electron chi connectivity index (χ4n) is 1.99. The molecule has 1 aliphatic carbocycles. The molecule has 0 heterocycles. The average molecular weight is 227 g/mol. The van der Waals surface area contributed by atoms with E-state index in [4.69, 9.17) is 9.47 Å². The molecule has 0 spiro atoms. The molecule has 4 nitrogen and oxygen atoms in total. The van der Waals surface area contributed by atoms with Gasteiger partial charge in [0.15, 0.2) is 0 Å². The van der Waals surface area contributed by atoms with Crippen LogP contribution in [0.15, 0.2) is 12.7 Å². The molecule has 0 saturated heterocycles. The first kappa shape index (κ1) is 13.2. The number of esters is 1. The molecule has 1 fully saturated rings. The summed E-state index contributed by atoms with van der Waals surface area (Å²) in [6.07, 6.45) is 3.29. The molecule has 1 saturated carbocycles. The van der Waals surface area contributed by atoms with E-state index in [1.165, 1.54) is 0 Å². The summed E-state index contributed by atoms with van der Waals surface area (Å²) in [5.74, 6) is -0.173. The van der Waals surface area contributed by atoms with E-state index < -0.39 is 5.54 Å². The molecule has 92 valence electrons. The minimum Gasteiger partial charge on any atom is -0.465 e. The third kappa shape index (κ3) is 2.83. The van der Waals surface area contributed by atoms with Gasteiger partial charge in [-0.15, -0.1) is 6.58 Å². The smallest absolute Gasteiger partial charge is 0.326 e. The number of carbonyl (C=O) groups is 1. The molecule has 16 heavy (non-hydrogen) atoms. The van der Waals surface area contributed by atoms with Gasteiger partial charge in [0.05, 0.1) is 12.7 Å². The number of carbonyl (C=O) groups excluding carboxylic acids is 1. The van der Waals surface area contributed by atoms with Gasteiger partial charge in [0.1, 0.15) is 5.54 Å². The summed E-state index contributed by atoms with van der Waals surface area (Å²) in [5.41, 5.74) is -0.552. The first-order valence-electron chi connectivity index (χ1n) is 5.83. The normalized spacial score (nSPS) is 28.2. The van der Waals surface area contributed by atoms with E-state index in [-0.39, 0.29) is 12.1 Å². The first-order valence-corrected chi connectivity index (χ1v) is 5.83. The molecule has 0 amide bonds. The molecule has 1 rings (SSSR count). The zero-order valence-corrected chi connectivity index (χ0v) is 10.1. The van der Waals surface area contributed by atoms with Crippen LogP contribution < -0.4 is 5.32 Å². The maximum Gasteiger partial charge on any atom is 0.326 e. The van der Waals surface area contributed by atoms with E-state index in [0.717, 1.165) is 0 Å². The van der Waals surface area contributed by atoms with Crippen molar-refractivity contribution in [3.63, 3.8) is 0 Å². The topological polar surface area (TPSA) is 47.6 Å². The van der Waals surface area contributed by atoms with Crippen LogP contribution in [0.4, 0.5) is 0 Å². The van der Waals surface area contributed by atoms with E-state index >= 15 is 0 Å². The van der Waals surface area contributed by atoms with Crippen LogP contribution in [-0.4, -0.2) is 37.4 Å². The summed E-state index contributed by atoms with van der Waals surface area (Å²) in [6.45, 7) is 9.12. The van der Waals surface area contributed by atoms with Crippen molar-refractivity contribution in [3.05, 3.63) is 12.7 Å². The van der Waals surface area contributed by atoms with Crippen molar-refractivity contribution in [2.75, 3.05) is 19.8 Å². The zero-order chi connectivity index (χ0) is 12.0. The van der Waals surface area contributed by atoms with Gasteiger partial charge in [0.25, 0.3) is 0 Å². The second-order valence-corrected chi connectivity index (χ2v) is 3.96. The lowest BCUT2D eigenvalue weighted by Gasteiger charge is -2.45. The Kier molecular flexibility index (Phi) is 4.96. The van der Waals surface area contributed by atoms with E-state index in [0.29, 0.717) is 32.6 Å². The van der Waals surface area contributed by atoms with Gasteiger partial charge in [-0.3, -0.25) is 10.1 Å². The highest BCUT2D eigenvalue weighted by atomic mass is 16.5. The summed E-state index contributed by atoms with van der Waals surface area (Å²) in [5, 5.41) is 3.18. The third-order valence-electron chi connectivity index (χ3n) is 2.81. The molecule has 0 unspecified atom stereocenters. The molecule has 0 aromatic rings. The monoisotopic (exact) mass is 227 g/mol. The Balaban J connectivity index is 2.52. The van der Waals surface area contributed by atoms with Gasteiger partial charge in [0, 0.05) is 26.0 Å². The van der Waals surface area contributed by atoms with Crippen molar-refractivity contribution in [1.29, 1.82) is 0 Å². The quantitative estimate of drug-likeness (QED) is 0.525. The highest BCUT2D eigenvalue weighted by Gasteiger charge is 2.51. The number of hydrogen-bond acceptors (Lipinski definition) is 4. The van der Waals surface area contributed by atoms with Crippen molar-refractivity contribution in [2.45, 2.75) is 38.3 Å². The highest BCUT2D eigenvalue weighted by Crippen LogP contribution is 2.35. The van der Waals surface area contributed by atoms with E-state index in [1.54, 1.807) is 6.08 Å². The maximum atomic E-state index is 11.8. The fraction of sp³-hybridized carbons (Fsp3) is 0.750. The first-order chi connectivity index (χ1) is 7.68. The van der Waals surface area contributed by atoms with Crippen molar-refractivity contribution in [1.82, 2.24) is 5.32 Å². The lowest BCUT2D eigenvalue weighted by Crippen LogP contribution is -2.63. The van der Waals surface area contributed by atoms with Gasteiger partial charge in [-0.2, -0.15) is 0 Å². The Bertz CT molecular complexity index is 247. The van der Waals surface area contributed by atoms with Gasteiger partial charge in [-0.1, -0.05) is 6.08 Å². The largest absolute Gasteiger partial charge is 0.465 e. The number of ether oxygens (including phenoxy) is 2. The zero-order valence-electron chi connectivity index (χ0n) is 10.1. The third-order valence-corrected chi connectivity index (χ3v) is 2.81. The minimum atomic E-state index is -0.552. The van der Waals surface area contributed by atoms with Crippen molar-refractivity contribution in [3.8, 4) is 0 Å². The summed E-state index contributed by atoms with van der Waals surface area (Å²) in [6, 6.07) is 0. The maximum absolute atomic E-state index is 11.8. The molecule has 0 aliphatic heterocycles. The predicted octanol–water partition coefficient (Wildman–Crippen LogP) is 1.26. The average Bonchev–Trinajstić information content (AvgIpc) is 2.21. The summed E-state index contributed by atoms with van der Waals surface area (Å²) >= 11 is 0. The van der Waals surface area contributed by atoms with Crippen molar-refractivity contribution < 1.29 is 14.3 Å². The van der Waals surface area contributed by atoms with Crippen LogP contribution >= 0.6 is 0 Å². The SMILES string of the molecule is C=CCNC1(C(=O)OCC)CC(OCC)C1. The molecule has 1 aliphatic rings. The number of nitrogens with one attached hydrogen (secondary N) is 1. The van der Waals surface area contributed by atoms with Crippen LogP contribution in [0.5, 0.6) is 0 Å². The second-order valence-electron chi connectivity index (χ2n) is 3.96.